The summed E-state index contributed by atoms with van der Waals surface area (Å²) in [6, 6.07) is 4.15. The fourth-order valence-electron chi connectivity index (χ4n) is 3.70. The number of thiocarbonyl (C=S) groups is 1. The Balaban J connectivity index is 1.77. The molecule has 0 saturated heterocycles. The largest absolute Gasteiger partial charge is 0.487 e. The van der Waals surface area contributed by atoms with E-state index in [0.29, 0.717) is 12.2 Å². The minimum Gasteiger partial charge on any atom is -0.487 e. The monoisotopic (exact) mass is 417 g/mol. The molecule has 6 heteroatoms. The Morgan fingerprint density at radius 1 is 1.32 bits per heavy atom. The third kappa shape index (κ3) is 4.39. The van der Waals surface area contributed by atoms with Gasteiger partial charge in [0.15, 0.2) is 0 Å². The van der Waals surface area contributed by atoms with E-state index >= 15 is 0 Å². The smallest absolute Gasteiger partial charge is 0.308 e. The molecule has 0 fully saturated rings. The average molecular weight is 418 g/mol. The van der Waals surface area contributed by atoms with Crippen LogP contribution >= 0.6 is 23.6 Å². The number of carbonyl (C=O) groups is 1. The van der Waals surface area contributed by atoms with E-state index in [-0.39, 0.29) is 11.6 Å². The lowest BCUT2D eigenvalue weighted by Gasteiger charge is -2.38. The van der Waals surface area contributed by atoms with Crippen LogP contribution in [0.4, 0.5) is 0 Å². The molecule has 0 radical (unpaired) electrons. The molecule has 1 N–H and O–H groups in total. The number of hydrogen-bond acceptors (Lipinski definition) is 5. The maximum absolute atomic E-state index is 11.5. The van der Waals surface area contributed by atoms with E-state index in [9.17, 15) is 4.79 Å². The maximum atomic E-state index is 11.5. The van der Waals surface area contributed by atoms with Gasteiger partial charge in [-0.2, -0.15) is 0 Å². The van der Waals surface area contributed by atoms with Crippen molar-refractivity contribution in [3.8, 4) is 11.5 Å². The zero-order chi connectivity index (χ0) is 20.5. The van der Waals surface area contributed by atoms with Crippen LogP contribution in [0.1, 0.15) is 53.8 Å². The molecule has 1 aromatic heterocycles. The first kappa shape index (κ1) is 20.8. The van der Waals surface area contributed by atoms with Gasteiger partial charge in [-0.05, 0) is 68.7 Å². The zero-order valence-corrected chi connectivity index (χ0v) is 18.7. The van der Waals surface area contributed by atoms with Gasteiger partial charge in [-0.3, -0.25) is 4.79 Å². The fourth-order valence-corrected chi connectivity index (χ4v) is 4.73. The van der Waals surface area contributed by atoms with Crippen molar-refractivity contribution < 1.29 is 14.3 Å². The summed E-state index contributed by atoms with van der Waals surface area (Å²) in [6.07, 6.45) is 2.42. The second-order valence-electron chi connectivity index (χ2n) is 7.69. The van der Waals surface area contributed by atoms with Crippen LogP contribution in [0, 0.1) is 20.8 Å². The van der Waals surface area contributed by atoms with Crippen LogP contribution < -0.4 is 14.8 Å². The molecule has 1 unspecified atom stereocenters. The highest BCUT2D eigenvalue weighted by molar-refractivity contribution is 7.80. The van der Waals surface area contributed by atoms with Crippen molar-refractivity contribution in [3.63, 3.8) is 0 Å². The summed E-state index contributed by atoms with van der Waals surface area (Å²) in [5.74, 6) is 1.29. The molecular formula is C22H27NO3S2. The summed E-state index contributed by atoms with van der Waals surface area (Å²) < 4.78 is 12.0. The predicted octanol–water partition coefficient (Wildman–Crippen LogP) is 5.19. The number of nitrogens with one attached hydrogen (secondary N) is 1. The summed E-state index contributed by atoms with van der Waals surface area (Å²) in [6.45, 7) is 10.3. The van der Waals surface area contributed by atoms with Gasteiger partial charge in [0.1, 0.15) is 17.1 Å². The Morgan fingerprint density at radius 3 is 2.71 bits per heavy atom. The number of benzene rings is 1. The molecule has 1 atom stereocenters. The van der Waals surface area contributed by atoms with Crippen LogP contribution in [-0.2, 0) is 17.8 Å². The van der Waals surface area contributed by atoms with Gasteiger partial charge in [0.25, 0.3) is 0 Å². The van der Waals surface area contributed by atoms with Crippen molar-refractivity contribution >= 4 is 34.5 Å². The number of hydrogen-bond donors (Lipinski definition) is 1. The van der Waals surface area contributed by atoms with E-state index in [1.165, 1.54) is 11.8 Å². The highest BCUT2D eigenvalue weighted by atomic mass is 32.1. The summed E-state index contributed by atoms with van der Waals surface area (Å²) in [7, 11) is 0. The number of thiophene rings is 1. The van der Waals surface area contributed by atoms with Gasteiger partial charge in [-0.25, -0.2) is 0 Å². The number of ether oxygens (including phenoxy) is 2. The first-order chi connectivity index (χ1) is 13.2. The van der Waals surface area contributed by atoms with Crippen molar-refractivity contribution in [2.75, 3.05) is 0 Å². The van der Waals surface area contributed by atoms with Crippen LogP contribution in [0.15, 0.2) is 17.5 Å². The van der Waals surface area contributed by atoms with Gasteiger partial charge in [0.2, 0.25) is 0 Å². The summed E-state index contributed by atoms with van der Waals surface area (Å²) in [5.41, 5.74) is 3.76. The SMILES string of the molecule is CC(=O)Oc1c(C)c(C)c2c(c1C)CCC(C)(CC(=S)NCc1cccs1)O2. The Morgan fingerprint density at radius 2 is 2.07 bits per heavy atom. The highest BCUT2D eigenvalue weighted by Gasteiger charge is 2.35. The molecular weight excluding hydrogens is 390 g/mol. The first-order valence-corrected chi connectivity index (χ1v) is 10.8. The molecule has 0 spiro atoms. The maximum Gasteiger partial charge on any atom is 0.308 e. The molecule has 2 aromatic rings. The Labute approximate surface area is 176 Å². The zero-order valence-electron chi connectivity index (χ0n) is 17.1. The van der Waals surface area contributed by atoms with Gasteiger partial charge >= 0.3 is 5.97 Å². The van der Waals surface area contributed by atoms with E-state index in [0.717, 1.165) is 52.4 Å². The van der Waals surface area contributed by atoms with E-state index in [2.05, 4.69) is 23.7 Å². The Bertz CT molecular complexity index is 905. The normalized spacial score (nSPS) is 18.2. The van der Waals surface area contributed by atoms with Gasteiger partial charge < -0.3 is 14.8 Å². The molecule has 1 aliphatic heterocycles. The Hall–Kier alpha value is -1.92. The third-order valence-electron chi connectivity index (χ3n) is 5.38. The molecule has 4 nitrogen and oxygen atoms in total. The average Bonchev–Trinajstić information content (AvgIpc) is 3.15. The third-order valence-corrected chi connectivity index (χ3v) is 6.55. The molecule has 0 bridgehead atoms. The first-order valence-electron chi connectivity index (χ1n) is 9.49. The lowest BCUT2D eigenvalue weighted by atomic mass is 9.85. The van der Waals surface area contributed by atoms with Gasteiger partial charge in [0.05, 0.1) is 4.99 Å². The van der Waals surface area contributed by atoms with Crippen LogP contribution in [0.2, 0.25) is 0 Å². The van der Waals surface area contributed by atoms with Crippen LogP contribution in [0.25, 0.3) is 0 Å². The van der Waals surface area contributed by atoms with Gasteiger partial charge in [-0.1, -0.05) is 18.3 Å². The molecule has 1 aliphatic rings. The lowest BCUT2D eigenvalue weighted by molar-refractivity contribution is -0.132. The second-order valence-corrected chi connectivity index (χ2v) is 9.22. The van der Waals surface area contributed by atoms with Crippen molar-refractivity contribution in [2.45, 2.75) is 66.0 Å². The molecule has 2 heterocycles. The molecule has 150 valence electrons. The Kier molecular flexibility index (Phi) is 6.10. The highest BCUT2D eigenvalue weighted by Crippen LogP contribution is 2.44. The van der Waals surface area contributed by atoms with Crippen LogP contribution in [0.3, 0.4) is 0 Å². The van der Waals surface area contributed by atoms with E-state index in [4.69, 9.17) is 21.7 Å². The fraction of sp³-hybridized carbons (Fsp3) is 0.455. The van der Waals surface area contributed by atoms with Crippen LogP contribution in [-0.4, -0.2) is 16.6 Å². The summed E-state index contributed by atoms with van der Waals surface area (Å²) in [5, 5.41) is 5.42. The molecule has 0 aliphatic carbocycles. The minimum absolute atomic E-state index is 0.297. The molecule has 28 heavy (non-hydrogen) atoms. The number of rotatable bonds is 5. The van der Waals surface area contributed by atoms with Crippen molar-refractivity contribution in [1.82, 2.24) is 5.32 Å². The molecule has 3 rings (SSSR count). The van der Waals surface area contributed by atoms with E-state index in [1.807, 2.05) is 26.8 Å². The van der Waals surface area contributed by atoms with Gasteiger partial charge in [0, 0.05) is 30.3 Å². The summed E-state index contributed by atoms with van der Waals surface area (Å²) in [4.78, 5) is 13.6. The van der Waals surface area contributed by atoms with Crippen LogP contribution in [0.5, 0.6) is 11.5 Å². The van der Waals surface area contributed by atoms with E-state index < -0.39 is 0 Å². The minimum atomic E-state index is -0.348. The van der Waals surface area contributed by atoms with Crippen molar-refractivity contribution in [2.24, 2.45) is 0 Å². The number of carbonyl (C=O) groups excluding carboxylic acids is 1. The van der Waals surface area contributed by atoms with Crippen molar-refractivity contribution in [1.29, 1.82) is 0 Å². The predicted molar refractivity (Wildman–Crippen MR) is 118 cm³/mol. The summed E-state index contributed by atoms with van der Waals surface area (Å²) >= 11 is 7.31. The molecule has 0 amide bonds. The topological polar surface area (TPSA) is 47.6 Å². The standard InChI is InChI=1S/C22H27NO3S2/c1-13-14(2)21-18(15(3)20(13)25-16(4)24)8-9-22(5,26-21)11-19(27)23-12-17-7-6-10-28-17/h6-7,10H,8-9,11-12H2,1-5H3,(H,23,27). The lowest BCUT2D eigenvalue weighted by Crippen LogP contribution is -2.41. The van der Waals surface area contributed by atoms with E-state index in [1.54, 1.807) is 11.3 Å². The van der Waals surface area contributed by atoms with Gasteiger partial charge in [-0.15, -0.1) is 11.3 Å². The van der Waals surface area contributed by atoms with Crippen molar-refractivity contribution in [3.05, 3.63) is 44.6 Å². The second kappa shape index (κ2) is 8.21. The quantitative estimate of drug-likeness (QED) is 0.412. The number of esters is 1. The molecule has 0 saturated carbocycles. The number of fused-ring (bicyclic) bond motifs is 1. The molecule has 1 aromatic carbocycles.